The van der Waals surface area contributed by atoms with Gasteiger partial charge in [0, 0.05) is 31.7 Å². The molecule has 0 atom stereocenters. The molecular weight excluding hydrogens is 393 g/mol. The molecule has 1 N–H and O–H groups in total. The fourth-order valence-electron chi connectivity index (χ4n) is 6.83. The van der Waals surface area contributed by atoms with Gasteiger partial charge in [0.05, 0.1) is 22.3 Å². The van der Waals surface area contributed by atoms with Crippen molar-refractivity contribution in [2.45, 2.75) is 44.1 Å². The van der Waals surface area contributed by atoms with Gasteiger partial charge < -0.3 is 5.32 Å². The SMILES string of the molecule is O=C(CN1CCN(C23CC4CC(CC(C4)C2)C3)CC1)Nc1cccc(Cl)c1Cl. The van der Waals surface area contributed by atoms with Gasteiger partial charge in [0.15, 0.2) is 0 Å². The molecule has 0 spiro atoms. The smallest absolute Gasteiger partial charge is 0.238 e. The average molecular weight is 422 g/mol. The molecule has 152 valence electrons. The van der Waals surface area contributed by atoms with E-state index in [4.69, 9.17) is 23.2 Å². The minimum Gasteiger partial charge on any atom is -0.324 e. The lowest BCUT2D eigenvalue weighted by Gasteiger charge is -2.61. The summed E-state index contributed by atoms with van der Waals surface area (Å²) in [5.74, 6) is 2.93. The molecule has 5 fully saturated rings. The van der Waals surface area contributed by atoms with Gasteiger partial charge in [-0.15, -0.1) is 0 Å². The van der Waals surface area contributed by atoms with Gasteiger partial charge in [-0.1, -0.05) is 29.3 Å². The number of halogens is 2. The molecule has 4 nitrogen and oxygen atoms in total. The fourth-order valence-corrected chi connectivity index (χ4v) is 7.17. The summed E-state index contributed by atoms with van der Waals surface area (Å²) in [5, 5.41) is 3.78. The van der Waals surface area contributed by atoms with Crippen LogP contribution < -0.4 is 5.32 Å². The summed E-state index contributed by atoms with van der Waals surface area (Å²) in [7, 11) is 0. The lowest BCUT2D eigenvalue weighted by Crippen LogP contribution is -2.64. The summed E-state index contributed by atoms with van der Waals surface area (Å²) in [6, 6.07) is 5.31. The molecular formula is C22H29Cl2N3O. The van der Waals surface area contributed by atoms with Crippen LogP contribution >= 0.6 is 23.2 Å². The normalized spacial score (nSPS) is 35.3. The van der Waals surface area contributed by atoms with Crippen molar-refractivity contribution in [1.82, 2.24) is 9.80 Å². The Balaban J connectivity index is 1.16. The van der Waals surface area contributed by atoms with E-state index in [1.807, 2.05) is 0 Å². The van der Waals surface area contributed by atoms with Crippen LogP contribution in [0.2, 0.25) is 10.0 Å². The summed E-state index contributed by atoms with van der Waals surface area (Å²) >= 11 is 12.2. The minimum atomic E-state index is -0.0209. The van der Waals surface area contributed by atoms with Crippen LogP contribution in [0.15, 0.2) is 18.2 Å². The van der Waals surface area contributed by atoms with E-state index in [0.29, 0.717) is 27.8 Å². The van der Waals surface area contributed by atoms with Crippen molar-refractivity contribution in [3.63, 3.8) is 0 Å². The van der Waals surface area contributed by atoms with Gasteiger partial charge in [-0.3, -0.25) is 14.6 Å². The number of rotatable bonds is 4. The van der Waals surface area contributed by atoms with Crippen molar-refractivity contribution in [2.24, 2.45) is 17.8 Å². The topological polar surface area (TPSA) is 35.6 Å². The number of amides is 1. The second-order valence-electron chi connectivity index (χ2n) is 9.55. The van der Waals surface area contributed by atoms with E-state index in [1.165, 1.54) is 38.5 Å². The van der Waals surface area contributed by atoms with E-state index < -0.39 is 0 Å². The van der Waals surface area contributed by atoms with Gasteiger partial charge in [-0.25, -0.2) is 0 Å². The van der Waals surface area contributed by atoms with Crippen LogP contribution in [0.25, 0.3) is 0 Å². The first-order valence-corrected chi connectivity index (χ1v) is 11.5. The van der Waals surface area contributed by atoms with E-state index in [-0.39, 0.29) is 5.91 Å². The van der Waals surface area contributed by atoms with Gasteiger partial charge >= 0.3 is 0 Å². The summed E-state index contributed by atoms with van der Waals surface area (Å²) in [4.78, 5) is 17.5. The molecule has 1 aliphatic heterocycles. The van der Waals surface area contributed by atoms with Crippen LogP contribution in [-0.4, -0.2) is 54.0 Å². The quantitative estimate of drug-likeness (QED) is 0.775. The van der Waals surface area contributed by atoms with Gasteiger partial charge in [0.25, 0.3) is 0 Å². The lowest BCUT2D eigenvalue weighted by molar-refractivity contribution is -0.120. The number of carbonyl (C=O) groups is 1. The van der Waals surface area contributed by atoms with Gasteiger partial charge in [0.2, 0.25) is 5.91 Å². The van der Waals surface area contributed by atoms with Crippen LogP contribution in [0.3, 0.4) is 0 Å². The highest BCUT2D eigenvalue weighted by Crippen LogP contribution is 2.57. The molecule has 4 aliphatic carbocycles. The number of nitrogens with one attached hydrogen (secondary N) is 1. The Morgan fingerprint density at radius 3 is 2.21 bits per heavy atom. The molecule has 6 rings (SSSR count). The largest absolute Gasteiger partial charge is 0.324 e. The van der Waals surface area contributed by atoms with Crippen LogP contribution in [0, 0.1) is 17.8 Å². The van der Waals surface area contributed by atoms with Crippen LogP contribution in [0.5, 0.6) is 0 Å². The molecule has 4 saturated carbocycles. The number of hydrogen-bond donors (Lipinski definition) is 1. The maximum Gasteiger partial charge on any atom is 0.238 e. The van der Waals surface area contributed by atoms with Crippen molar-refractivity contribution in [3.05, 3.63) is 28.2 Å². The summed E-state index contributed by atoms with van der Waals surface area (Å²) in [5.41, 5.74) is 1.07. The summed E-state index contributed by atoms with van der Waals surface area (Å²) < 4.78 is 0. The Hall–Kier alpha value is -0.810. The Morgan fingerprint density at radius 2 is 1.61 bits per heavy atom. The molecule has 0 unspecified atom stereocenters. The predicted octanol–water partition coefficient (Wildman–Crippen LogP) is 4.52. The number of anilines is 1. The zero-order valence-corrected chi connectivity index (χ0v) is 17.8. The second kappa shape index (κ2) is 7.46. The molecule has 0 aromatic heterocycles. The van der Waals surface area contributed by atoms with E-state index in [0.717, 1.165) is 43.9 Å². The van der Waals surface area contributed by atoms with E-state index in [2.05, 4.69) is 15.1 Å². The molecule has 1 aromatic rings. The average Bonchev–Trinajstić information content (AvgIpc) is 2.65. The molecule has 0 radical (unpaired) electrons. The minimum absolute atomic E-state index is 0.0209. The number of hydrogen-bond acceptors (Lipinski definition) is 3. The van der Waals surface area contributed by atoms with E-state index >= 15 is 0 Å². The molecule has 1 heterocycles. The first-order valence-electron chi connectivity index (χ1n) is 10.7. The van der Waals surface area contributed by atoms with E-state index in [9.17, 15) is 4.79 Å². The van der Waals surface area contributed by atoms with Crippen molar-refractivity contribution in [2.75, 3.05) is 38.0 Å². The Bertz CT molecular complexity index is 725. The summed E-state index contributed by atoms with van der Waals surface area (Å²) in [6.45, 7) is 4.54. The van der Waals surface area contributed by atoms with Crippen LogP contribution in [-0.2, 0) is 4.79 Å². The second-order valence-corrected chi connectivity index (χ2v) is 10.3. The molecule has 28 heavy (non-hydrogen) atoms. The number of piperazine rings is 1. The molecule has 1 aromatic carbocycles. The third kappa shape index (κ3) is 3.58. The number of carbonyl (C=O) groups excluding carboxylic acids is 1. The fraction of sp³-hybridized carbons (Fsp3) is 0.682. The molecule has 4 bridgehead atoms. The lowest BCUT2D eigenvalue weighted by atomic mass is 9.52. The van der Waals surface area contributed by atoms with Crippen LogP contribution in [0.4, 0.5) is 5.69 Å². The van der Waals surface area contributed by atoms with Crippen LogP contribution in [0.1, 0.15) is 38.5 Å². The predicted molar refractivity (Wildman–Crippen MR) is 114 cm³/mol. The highest BCUT2D eigenvalue weighted by molar-refractivity contribution is 6.44. The Labute approximate surface area is 177 Å². The Kier molecular flexibility index (Phi) is 5.11. The molecule has 1 amide bonds. The molecule has 1 saturated heterocycles. The summed E-state index contributed by atoms with van der Waals surface area (Å²) in [6.07, 6.45) is 8.74. The number of benzene rings is 1. The van der Waals surface area contributed by atoms with E-state index in [1.54, 1.807) is 18.2 Å². The maximum atomic E-state index is 12.5. The number of nitrogens with zero attached hydrogens (tertiary/aromatic N) is 2. The Morgan fingerprint density at radius 1 is 1.00 bits per heavy atom. The third-order valence-corrected chi connectivity index (χ3v) is 8.46. The first-order chi connectivity index (χ1) is 13.5. The zero-order chi connectivity index (χ0) is 19.3. The highest BCUT2D eigenvalue weighted by atomic mass is 35.5. The van der Waals surface area contributed by atoms with Crippen molar-refractivity contribution < 1.29 is 4.79 Å². The maximum absolute atomic E-state index is 12.5. The van der Waals surface area contributed by atoms with Crippen molar-refractivity contribution in [1.29, 1.82) is 0 Å². The van der Waals surface area contributed by atoms with Crippen molar-refractivity contribution in [3.8, 4) is 0 Å². The first kappa shape index (κ1) is 19.2. The van der Waals surface area contributed by atoms with Gasteiger partial charge in [-0.05, 0) is 68.4 Å². The highest BCUT2D eigenvalue weighted by Gasteiger charge is 2.53. The monoisotopic (exact) mass is 421 g/mol. The van der Waals surface area contributed by atoms with Gasteiger partial charge in [-0.2, -0.15) is 0 Å². The van der Waals surface area contributed by atoms with Crippen molar-refractivity contribution >= 4 is 34.8 Å². The standard InChI is InChI=1S/C22H29Cl2N3O/c23-18-2-1-3-19(21(18)24)25-20(28)14-26-4-6-27(7-5-26)22-11-15-8-16(12-22)10-17(9-15)13-22/h1-3,15-17H,4-14H2,(H,25,28). The molecule has 5 aliphatic rings. The molecule has 6 heteroatoms. The zero-order valence-electron chi connectivity index (χ0n) is 16.3. The third-order valence-electron chi connectivity index (χ3n) is 7.64. The van der Waals surface area contributed by atoms with Gasteiger partial charge in [0.1, 0.15) is 0 Å².